The lowest BCUT2D eigenvalue weighted by molar-refractivity contribution is 0.350. The molecule has 0 spiro atoms. The highest BCUT2D eigenvalue weighted by atomic mass is 16.5. The van der Waals surface area contributed by atoms with Crippen molar-refractivity contribution in [2.45, 2.75) is 38.8 Å². The molecule has 1 aliphatic heterocycles. The molecule has 0 saturated carbocycles. The Labute approximate surface area is 128 Å². The summed E-state index contributed by atoms with van der Waals surface area (Å²) in [5.74, 6) is 2.04. The predicted molar refractivity (Wildman–Crippen MR) is 86.3 cm³/mol. The number of nitrogens with zero attached hydrogens (tertiary/aromatic N) is 1. The Morgan fingerprint density at radius 3 is 2.62 bits per heavy atom. The summed E-state index contributed by atoms with van der Waals surface area (Å²) in [7, 11) is 7.69. The van der Waals surface area contributed by atoms with Crippen LogP contribution in [-0.4, -0.2) is 39.8 Å². The van der Waals surface area contributed by atoms with Crippen molar-refractivity contribution >= 4 is 0 Å². The molecule has 0 radical (unpaired) electrons. The Morgan fingerprint density at radius 1 is 1.29 bits per heavy atom. The summed E-state index contributed by atoms with van der Waals surface area (Å²) in [6.45, 7) is 4.08. The van der Waals surface area contributed by atoms with Crippen LogP contribution in [0.25, 0.3) is 0 Å². The van der Waals surface area contributed by atoms with Crippen LogP contribution in [0, 0.1) is 0 Å². The second kappa shape index (κ2) is 7.14. The molecule has 1 heterocycles. The van der Waals surface area contributed by atoms with Crippen molar-refractivity contribution in [2.75, 3.05) is 34.9 Å². The fourth-order valence-corrected chi connectivity index (χ4v) is 3.29. The van der Waals surface area contributed by atoms with Gasteiger partial charge in [0.05, 0.1) is 14.2 Å². The number of fused-ring (bicyclic) bond motifs is 1. The normalized spacial score (nSPS) is 17.7. The van der Waals surface area contributed by atoms with E-state index in [4.69, 9.17) is 9.47 Å². The van der Waals surface area contributed by atoms with Gasteiger partial charge in [-0.25, -0.2) is 0 Å². The smallest absolute Gasteiger partial charge is 0.127 e. The van der Waals surface area contributed by atoms with Gasteiger partial charge in [-0.2, -0.15) is 0 Å². The third kappa shape index (κ3) is 3.33. The maximum Gasteiger partial charge on any atom is 0.127 e. The van der Waals surface area contributed by atoms with Crippen LogP contribution in [0.5, 0.6) is 11.5 Å². The Balaban J connectivity index is 2.55. The van der Waals surface area contributed by atoms with Crippen molar-refractivity contribution in [3.05, 3.63) is 22.8 Å². The average Bonchev–Trinajstić information content (AvgIpc) is 2.46. The number of benzene rings is 1. The second-order valence-corrected chi connectivity index (χ2v) is 5.95. The number of rotatable bonds is 6. The predicted octanol–water partition coefficient (Wildman–Crippen LogP) is 2.75. The van der Waals surface area contributed by atoms with Gasteiger partial charge >= 0.3 is 0 Å². The molecule has 0 saturated heterocycles. The minimum Gasteiger partial charge on any atom is -0.496 e. The number of ether oxygens (including phenoxy) is 2. The Bertz CT molecular complexity index is 486. The standard InChI is InChI=1S/C17H28N2O2/c1-6-7-14-16-13(8-9-18-14)17(21-5)12(11-19(2)3)10-15(16)20-4/h10,14,18H,6-9,11H2,1-5H3. The Kier molecular flexibility index (Phi) is 5.48. The minimum absolute atomic E-state index is 0.371. The van der Waals surface area contributed by atoms with Crippen LogP contribution in [0.15, 0.2) is 6.07 Å². The molecule has 21 heavy (non-hydrogen) atoms. The van der Waals surface area contributed by atoms with E-state index in [0.717, 1.165) is 43.9 Å². The molecule has 0 aromatic heterocycles. The first kappa shape index (κ1) is 16.1. The summed E-state index contributed by atoms with van der Waals surface area (Å²) in [4.78, 5) is 2.16. The molecule has 1 atom stereocenters. The summed E-state index contributed by atoms with van der Waals surface area (Å²) in [6.07, 6.45) is 3.28. The van der Waals surface area contributed by atoms with Gasteiger partial charge < -0.3 is 19.7 Å². The molecule has 1 aromatic rings. The number of methoxy groups -OCH3 is 2. The molecule has 4 heteroatoms. The van der Waals surface area contributed by atoms with E-state index in [1.165, 1.54) is 16.7 Å². The fourth-order valence-electron chi connectivity index (χ4n) is 3.29. The quantitative estimate of drug-likeness (QED) is 0.874. The first-order chi connectivity index (χ1) is 10.1. The van der Waals surface area contributed by atoms with E-state index >= 15 is 0 Å². The molecule has 1 aliphatic rings. The van der Waals surface area contributed by atoms with E-state index in [1.807, 2.05) is 0 Å². The van der Waals surface area contributed by atoms with E-state index in [1.54, 1.807) is 14.2 Å². The summed E-state index contributed by atoms with van der Waals surface area (Å²) >= 11 is 0. The number of hydrogen-bond acceptors (Lipinski definition) is 4. The van der Waals surface area contributed by atoms with Crippen molar-refractivity contribution in [3.63, 3.8) is 0 Å². The highest BCUT2D eigenvalue weighted by molar-refractivity contribution is 5.56. The first-order valence-electron chi connectivity index (χ1n) is 7.77. The summed E-state index contributed by atoms with van der Waals surface area (Å²) in [5.41, 5.74) is 3.83. The van der Waals surface area contributed by atoms with Gasteiger partial charge in [0, 0.05) is 29.3 Å². The van der Waals surface area contributed by atoms with Crippen LogP contribution in [-0.2, 0) is 13.0 Å². The van der Waals surface area contributed by atoms with Gasteiger partial charge in [0.15, 0.2) is 0 Å². The molecule has 118 valence electrons. The van der Waals surface area contributed by atoms with Crippen molar-refractivity contribution in [1.29, 1.82) is 0 Å². The lowest BCUT2D eigenvalue weighted by Gasteiger charge is -2.31. The Morgan fingerprint density at radius 2 is 2.05 bits per heavy atom. The highest BCUT2D eigenvalue weighted by Gasteiger charge is 2.28. The third-order valence-electron chi connectivity index (χ3n) is 4.06. The molecule has 0 aliphatic carbocycles. The molecule has 0 amide bonds. The molecule has 0 fully saturated rings. The fraction of sp³-hybridized carbons (Fsp3) is 0.647. The van der Waals surface area contributed by atoms with E-state index in [9.17, 15) is 0 Å². The van der Waals surface area contributed by atoms with Gasteiger partial charge in [-0.05, 0) is 39.5 Å². The van der Waals surface area contributed by atoms with E-state index in [-0.39, 0.29) is 0 Å². The topological polar surface area (TPSA) is 33.7 Å². The van der Waals surface area contributed by atoms with Crippen molar-refractivity contribution in [3.8, 4) is 11.5 Å². The van der Waals surface area contributed by atoms with Gasteiger partial charge in [0.2, 0.25) is 0 Å². The van der Waals surface area contributed by atoms with Crippen molar-refractivity contribution in [2.24, 2.45) is 0 Å². The average molecular weight is 292 g/mol. The second-order valence-electron chi connectivity index (χ2n) is 5.95. The van der Waals surface area contributed by atoms with Gasteiger partial charge in [-0.15, -0.1) is 0 Å². The monoisotopic (exact) mass is 292 g/mol. The number of hydrogen-bond donors (Lipinski definition) is 1. The van der Waals surface area contributed by atoms with E-state index in [2.05, 4.69) is 37.3 Å². The molecule has 0 bridgehead atoms. The van der Waals surface area contributed by atoms with Crippen LogP contribution in [0.2, 0.25) is 0 Å². The van der Waals surface area contributed by atoms with E-state index < -0.39 is 0 Å². The molecule has 1 aromatic carbocycles. The lowest BCUT2D eigenvalue weighted by Crippen LogP contribution is -2.31. The van der Waals surface area contributed by atoms with Crippen molar-refractivity contribution in [1.82, 2.24) is 10.2 Å². The molecule has 2 rings (SSSR count). The zero-order chi connectivity index (χ0) is 15.4. The molecule has 1 N–H and O–H groups in total. The van der Waals surface area contributed by atoms with Gasteiger partial charge in [0.25, 0.3) is 0 Å². The molecule has 1 unspecified atom stereocenters. The minimum atomic E-state index is 0.371. The van der Waals surface area contributed by atoms with Crippen LogP contribution in [0.1, 0.15) is 42.5 Å². The summed E-state index contributed by atoms with van der Waals surface area (Å²) in [6, 6.07) is 2.52. The van der Waals surface area contributed by atoms with Crippen LogP contribution in [0.3, 0.4) is 0 Å². The van der Waals surface area contributed by atoms with Gasteiger partial charge in [-0.1, -0.05) is 13.3 Å². The SMILES string of the molecule is CCCC1NCCc2c(OC)c(CN(C)C)cc(OC)c21. The largest absolute Gasteiger partial charge is 0.496 e. The third-order valence-corrected chi connectivity index (χ3v) is 4.06. The van der Waals surface area contributed by atoms with E-state index in [0.29, 0.717) is 6.04 Å². The van der Waals surface area contributed by atoms with Crippen molar-refractivity contribution < 1.29 is 9.47 Å². The highest BCUT2D eigenvalue weighted by Crippen LogP contribution is 2.41. The summed E-state index contributed by atoms with van der Waals surface area (Å²) in [5, 5.41) is 3.62. The summed E-state index contributed by atoms with van der Waals surface area (Å²) < 4.78 is 11.5. The van der Waals surface area contributed by atoms with Gasteiger partial charge in [-0.3, -0.25) is 0 Å². The van der Waals surface area contributed by atoms with Crippen LogP contribution >= 0.6 is 0 Å². The van der Waals surface area contributed by atoms with Crippen LogP contribution < -0.4 is 14.8 Å². The Hall–Kier alpha value is -1.26. The maximum atomic E-state index is 5.76. The maximum absolute atomic E-state index is 5.76. The molecule has 4 nitrogen and oxygen atoms in total. The lowest BCUT2D eigenvalue weighted by atomic mass is 9.88. The number of nitrogens with one attached hydrogen (secondary N) is 1. The molecular formula is C17H28N2O2. The first-order valence-corrected chi connectivity index (χ1v) is 7.77. The zero-order valence-electron chi connectivity index (χ0n) is 14.0. The molecular weight excluding hydrogens is 264 g/mol. The van der Waals surface area contributed by atoms with Crippen LogP contribution in [0.4, 0.5) is 0 Å². The zero-order valence-corrected chi connectivity index (χ0v) is 14.0. The van der Waals surface area contributed by atoms with Gasteiger partial charge in [0.1, 0.15) is 11.5 Å².